The van der Waals surface area contributed by atoms with Gasteiger partial charge in [-0.2, -0.15) is 0 Å². The number of hydrogen-bond acceptors (Lipinski definition) is 3. The van der Waals surface area contributed by atoms with Crippen LogP contribution in [0.3, 0.4) is 0 Å². The molecule has 0 bridgehead atoms. The number of phenols is 1. The van der Waals surface area contributed by atoms with Crippen LogP contribution in [0.1, 0.15) is 10.4 Å². The zero-order valence-corrected chi connectivity index (χ0v) is 10.2. The largest absolute Gasteiger partial charge is 0.506 e. The summed E-state index contributed by atoms with van der Waals surface area (Å²) < 4.78 is 0. The molecular weight excluding hydrogens is 242 g/mol. The van der Waals surface area contributed by atoms with E-state index in [1.54, 1.807) is 17.4 Å². The first-order valence-electron chi connectivity index (χ1n) is 4.97. The highest BCUT2D eigenvalue weighted by Crippen LogP contribution is 2.26. The molecule has 0 aliphatic heterocycles. The normalized spacial score (nSPS) is 10.6. The Kier molecular flexibility index (Phi) is 3.83. The summed E-state index contributed by atoms with van der Waals surface area (Å²) in [5.41, 5.74) is 0.823. The average molecular weight is 254 g/mol. The maximum atomic E-state index is 9.69. The van der Waals surface area contributed by atoms with Crippen LogP contribution in [-0.2, 0) is 13.1 Å². The minimum atomic E-state index is 0.169. The molecule has 2 rings (SSSR count). The second-order valence-corrected chi connectivity index (χ2v) is 4.87. The van der Waals surface area contributed by atoms with E-state index >= 15 is 0 Å². The number of halogens is 1. The van der Waals surface area contributed by atoms with E-state index in [2.05, 4.69) is 11.4 Å². The SMILES string of the molecule is Oc1c(Cl)cccc1CNCc1cccs1. The quantitative estimate of drug-likeness (QED) is 0.875. The number of rotatable bonds is 4. The van der Waals surface area contributed by atoms with Crippen molar-refractivity contribution in [3.8, 4) is 5.75 Å². The maximum absolute atomic E-state index is 9.69. The van der Waals surface area contributed by atoms with Gasteiger partial charge in [-0.3, -0.25) is 0 Å². The topological polar surface area (TPSA) is 32.3 Å². The lowest BCUT2D eigenvalue weighted by molar-refractivity contribution is 0.465. The standard InChI is InChI=1S/C12H12ClNOS/c13-11-5-1-3-9(12(11)15)7-14-8-10-4-2-6-16-10/h1-6,14-15H,7-8H2. The first kappa shape index (κ1) is 11.5. The second-order valence-electron chi connectivity index (χ2n) is 3.43. The van der Waals surface area contributed by atoms with E-state index in [9.17, 15) is 5.11 Å². The molecular formula is C12H12ClNOS. The van der Waals surface area contributed by atoms with Crippen molar-refractivity contribution in [3.63, 3.8) is 0 Å². The van der Waals surface area contributed by atoms with Crippen LogP contribution in [-0.4, -0.2) is 5.11 Å². The molecule has 84 valence electrons. The van der Waals surface area contributed by atoms with Gasteiger partial charge in [-0.15, -0.1) is 11.3 Å². The summed E-state index contributed by atoms with van der Waals surface area (Å²) >= 11 is 7.53. The van der Waals surface area contributed by atoms with Gasteiger partial charge in [-0.25, -0.2) is 0 Å². The van der Waals surface area contributed by atoms with E-state index in [0.717, 1.165) is 12.1 Å². The van der Waals surface area contributed by atoms with Gasteiger partial charge >= 0.3 is 0 Å². The molecule has 2 N–H and O–H groups in total. The smallest absolute Gasteiger partial charge is 0.138 e. The van der Waals surface area contributed by atoms with Crippen LogP contribution in [0.15, 0.2) is 35.7 Å². The maximum Gasteiger partial charge on any atom is 0.138 e. The highest BCUT2D eigenvalue weighted by Gasteiger charge is 2.04. The van der Waals surface area contributed by atoms with Gasteiger partial charge in [-0.1, -0.05) is 29.8 Å². The van der Waals surface area contributed by atoms with E-state index in [0.29, 0.717) is 11.6 Å². The number of thiophene rings is 1. The highest BCUT2D eigenvalue weighted by atomic mass is 35.5. The molecule has 0 aliphatic rings. The summed E-state index contributed by atoms with van der Waals surface area (Å²) in [6.45, 7) is 1.42. The first-order chi connectivity index (χ1) is 7.77. The molecule has 0 spiro atoms. The predicted molar refractivity (Wildman–Crippen MR) is 68.0 cm³/mol. The summed E-state index contributed by atoms with van der Waals surface area (Å²) in [4.78, 5) is 1.28. The molecule has 0 saturated carbocycles. The minimum Gasteiger partial charge on any atom is -0.506 e. The average Bonchev–Trinajstić information content (AvgIpc) is 2.77. The lowest BCUT2D eigenvalue weighted by Gasteiger charge is -2.06. The highest BCUT2D eigenvalue weighted by molar-refractivity contribution is 7.09. The molecule has 1 aromatic carbocycles. The fourth-order valence-electron chi connectivity index (χ4n) is 1.44. The van der Waals surface area contributed by atoms with E-state index in [1.807, 2.05) is 23.6 Å². The van der Waals surface area contributed by atoms with Gasteiger partial charge in [0.05, 0.1) is 5.02 Å². The Labute approximate surface area is 104 Å². The van der Waals surface area contributed by atoms with Crippen LogP contribution < -0.4 is 5.32 Å². The van der Waals surface area contributed by atoms with Crippen LogP contribution in [0, 0.1) is 0 Å². The van der Waals surface area contributed by atoms with Gasteiger partial charge in [0.2, 0.25) is 0 Å². The summed E-state index contributed by atoms with van der Waals surface area (Å²) in [5.74, 6) is 0.169. The third-order valence-corrected chi connectivity index (χ3v) is 3.45. The number of aromatic hydroxyl groups is 1. The van der Waals surface area contributed by atoms with Gasteiger partial charge in [0.1, 0.15) is 5.75 Å². The molecule has 1 heterocycles. The van der Waals surface area contributed by atoms with Crippen molar-refractivity contribution in [3.05, 3.63) is 51.2 Å². The zero-order valence-electron chi connectivity index (χ0n) is 8.61. The fraction of sp³-hybridized carbons (Fsp3) is 0.167. The number of benzene rings is 1. The van der Waals surface area contributed by atoms with Gasteiger partial charge in [0.15, 0.2) is 0 Å². The van der Waals surface area contributed by atoms with Crippen LogP contribution in [0.4, 0.5) is 0 Å². The second kappa shape index (κ2) is 5.34. The van der Waals surface area contributed by atoms with Crippen LogP contribution in [0.5, 0.6) is 5.75 Å². The zero-order chi connectivity index (χ0) is 11.4. The van der Waals surface area contributed by atoms with Gasteiger partial charge < -0.3 is 10.4 Å². The first-order valence-corrected chi connectivity index (χ1v) is 6.22. The van der Waals surface area contributed by atoms with Crippen molar-refractivity contribution in [1.29, 1.82) is 0 Å². The number of hydrogen-bond donors (Lipinski definition) is 2. The van der Waals surface area contributed by atoms with Crippen molar-refractivity contribution in [1.82, 2.24) is 5.32 Å². The van der Waals surface area contributed by atoms with Gasteiger partial charge in [-0.05, 0) is 17.5 Å². The summed E-state index contributed by atoms with van der Waals surface area (Å²) in [5, 5.41) is 15.4. The lowest BCUT2D eigenvalue weighted by atomic mass is 10.2. The molecule has 0 saturated heterocycles. The summed E-state index contributed by atoms with van der Waals surface area (Å²) in [7, 11) is 0. The van der Waals surface area contributed by atoms with Crippen molar-refractivity contribution in [2.75, 3.05) is 0 Å². The third kappa shape index (κ3) is 2.76. The van der Waals surface area contributed by atoms with Crippen molar-refractivity contribution in [2.24, 2.45) is 0 Å². The molecule has 0 atom stereocenters. The van der Waals surface area contributed by atoms with E-state index < -0.39 is 0 Å². The van der Waals surface area contributed by atoms with Crippen molar-refractivity contribution in [2.45, 2.75) is 13.1 Å². The Morgan fingerprint density at radius 2 is 2.06 bits per heavy atom. The number of nitrogens with one attached hydrogen (secondary N) is 1. The molecule has 16 heavy (non-hydrogen) atoms. The Bertz CT molecular complexity index is 456. The Morgan fingerprint density at radius 3 is 2.81 bits per heavy atom. The van der Waals surface area contributed by atoms with E-state index in [1.165, 1.54) is 4.88 Å². The van der Waals surface area contributed by atoms with Crippen molar-refractivity contribution < 1.29 is 5.11 Å². The molecule has 0 aliphatic carbocycles. The number of phenolic OH excluding ortho intramolecular Hbond substituents is 1. The Hall–Kier alpha value is -1.03. The molecule has 1 aromatic heterocycles. The molecule has 0 radical (unpaired) electrons. The van der Waals surface area contributed by atoms with Gasteiger partial charge in [0, 0.05) is 23.5 Å². The monoisotopic (exact) mass is 253 g/mol. The third-order valence-electron chi connectivity index (χ3n) is 2.27. The van der Waals surface area contributed by atoms with Crippen LogP contribution in [0.25, 0.3) is 0 Å². The number of para-hydroxylation sites is 1. The van der Waals surface area contributed by atoms with Gasteiger partial charge in [0.25, 0.3) is 0 Å². The molecule has 2 aromatic rings. The summed E-state index contributed by atoms with van der Waals surface area (Å²) in [6, 6.07) is 9.49. The van der Waals surface area contributed by atoms with Crippen LogP contribution in [0.2, 0.25) is 5.02 Å². The molecule has 0 fully saturated rings. The molecule has 4 heteroatoms. The molecule has 2 nitrogen and oxygen atoms in total. The van der Waals surface area contributed by atoms with E-state index in [-0.39, 0.29) is 5.75 Å². The molecule has 0 amide bonds. The van der Waals surface area contributed by atoms with Crippen LogP contribution >= 0.6 is 22.9 Å². The fourth-order valence-corrected chi connectivity index (χ4v) is 2.30. The van der Waals surface area contributed by atoms with E-state index in [4.69, 9.17) is 11.6 Å². The van der Waals surface area contributed by atoms with Crippen molar-refractivity contribution >= 4 is 22.9 Å². The minimum absolute atomic E-state index is 0.169. The lowest BCUT2D eigenvalue weighted by Crippen LogP contribution is -2.11. The molecule has 0 unspecified atom stereocenters. The Balaban J connectivity index is 1.92. The predicted octanol–water partition coefficient (Wildman–Crippen LogP) is 3.40. The summed E-state index contributed by atoms with van der Waals surface area (Å²) in [6.07, 6.45) is 0. The Morgan fingerprint density at radius 1 is 1.19 bits per heavy atom.